The summed E-state index contributed by atoms with van der Waals surface area (Å²) in [6.45, 7) is 6.79. The first-order valence-corrected chi connectivity index (χ1v) is 8.94. The van der Waals surface area contributed by atoms with Crippen molar-refractivity contribution in [2.75, 3.05) is 6.54 Å². The normalized spacial score (nSPS) is 12.2. The molecule has 2 N–H and O–H groups in total. The first kappa shape index (κ1) is 18.2. The van der Waals surface area contributed by atoms with Crippen LogP contribution in [0.15, 0.2) is 29.4 Å². The van der Waals surface area contributed by atoms with Gasteiger partial charge in [-0.25, -0.2) is 4.98 Å². The van der Waals surface area contributed by atoms with Crippen molar-refractivity contribution in [2.24, 2.45) is 5.92 Å². The lowest BCUT2D eigenvalue weighted by atomic mass is 10.1. The van der Waals surface area contributed by atoms with E-state index in [0.29, 0.717) is 25.4 Å². The molecule has 2 aromatic heterocycles. The lowest BCUT2D eigenvalue weighted by Gasteiger charge is -2.29. The Morgan fingerprint density at radius 2 is 2.21 bits per heavy atom. The molecule has 0 saturated carbocycles. The summed E-state index contributed by atoms with van der Waals surface area (Å²) in [5, 5.41) is 6.82. The zero-order valence-corrected chi connectivity index (χ0v) is 15.1. The number of hydrogen-bond acceptors (Lipinski definition) is 4. The van der Waals surface area contributed by atoms with Crippen LogP contribution in [-0.4, -0.2) is 39.3 Å². The SMILES string of the molecule is CC(=O)N[C@@H](Cc1cnc[nH]1)C(=O)N(Cc1ccsc1)CC(C)C. The van der Waals surface area contributed by atoms with Crippen LogP contribution in [0.5, 0.6) is 0 Å². The van der Waals surface area contributed by atoms with Crippen LogP contribution in [0.3, 0.4) is 0 Å². The summed E-state index contributed by atoms with van der Waals surface area (Å²) in [7, 11) is 0. The van der Waals surface area contributed by atoms with Gasteiger partial charge in [-0.1, -0.05) is 13.8 Å². The van der Waals surface area contributed by atoms with Gasteiger partial charge >= 0.3 is 0 Å². The molecule has 2 rings (SSSR count). The first-order valence-electron chi connectivity index (χ1n) is 8.00. The fourth-order valence-electron chi connectivity index (χ4n) is 2.56. The Labute approximate surface area is 146 Å². The molecule has 2 amide bonds. The Hall–Kier alpha value is -2.15. The van der Waals surface area contributed by atoms with Crippen molar-refractivity contribution in [1.82, 2.24) is 20.2 Å². The highest BCUT2D eigenvalue weighted by atomic mass is 32.1. The molecule has 0 unspecified atom stereocenters. The monoisotopic (exact) mass is 348 g/mol. The largest absolute Gasteiger partial charge is 0.348 e. The topological polar surface area (TPSA) is 78.1 Å². The molecule has 0 fully saturated rings. The van der Waals surface area contributed by atoms with E-state index in [-0.39, 0.29) is 11.8 Å². The van der Waals surface area contributed by atoms with Crippen LogP contribution in [0.1, 0.15) is 32.0 Å². The van der Waals surface area contributed by atoms with Crippen molar-refractivity contribution in [3.05, 3.63) is 40.6 Å². The second-order valence-corrected chi connectivity index (χ2v) is 7.06. The molecular weight excluding hydrogens is 324 g/mol. The Bertz CT molecular complexity index is 638. The Balaban J connectivity index is 2.16. The zero-order chi connectivity index (χ0) is 17.5. The van der Waals surface area contributed by atoms with Gasteiger partial charge in [-0.3, -0.25) is 9.59 Å². The van der Waals surface area contributed by atoms with Crippen molar-refractivity contribution in [3.63, 3.8) is 0 Å². The minimum atomic E-state index is -0.597. The third-order valence-corrected chi connectivity index (χ3v) is 4.24. The van der Waals surface area contributed by atoms with E-state index in [4.69, 9.17) is 0 Å². The summed E-state index contributed by atoms with van der Waals surface area (Å²) < 4.78 is 0. The van der Waals surface area contributed by atoms with Gasteiger partial charge in [0.2, 0.25) is 11.8 Å². The second kappa shape index (κ2) is 8.63. The van der Waals surface area contributed by atoms with E-state index in [9.17, 15) is 9.59 Å². The van der Waals surface area contributed by atoms with Crippen LogP contribution in [0.2, 0.25) is 0 Å². The molecular formula is C17H24N4O2S. The van der Waals surface area contributed by atoms with Crippen LogP contribution < -0.4 is 5.32 Å². The highest BCUT2D eigenvalue weighted by Gasteiger charge is 2.26. The average molecular weight is 348 g/mol. The number of thiophene rings is 1. The van der Waals surface area contributed by atoms with E-state index in [1.807, 2.05) is 21.7 Å². The van der Waals surface area contributed by atoms with E-state index in [2.05, 4.69) is 29.1 Å². The van der Waals surface area contributed by atoms with E-state index in [1.54, 1.807) is 23.9 Å². The van der Waals surface area contributed by atoms with Gasteiger partial charge in [0.25, 0.3) is 0 Å². The van der Waals surface area contributed by atoms with E-state index in [0.717, 1.165) is 11.3 Å². The number of nitrogens with zero attached hydrogens (tertiary/aromatic N) is 2. The Morgan fingerprint density at radius 1 is 1.42 bits per heavy atom. The molecule has 130 valence electrons. The highest BCUT2D eigenvalue weighted by molar-refractivity contribution is 7.07. The summed E-state index contributed by atoms with van der Waals surface area (Å²) in [4.78, 5) is 33.4. The molecule has 0 aliphatic heterocycles. The fourth-order valence-corrected chi connectivity index (χ4v) is 3.22. The van der Waals surface area contributed by atoms with Crippen LogP contribution in [-0.2, 0) is 22.6 Å². The van der Waals surface area contributed by atoms with Gasteiger partial charge < -0.3 is 15.2 Å². The summed E-state index contributed by atoms with van der Waals surface area (Å²) in [6, 6.07) is 1.42. The molecule has 0 saturated heterocycles. The predicted molar refractivity (Wildman–Crippen MR) is 94.5 cm³/mol. The third-order valence-electron chi connectivity index (χ3n) is 3.51. The lowest BCUT2D eigenvalue weighted by molar-refractivity contribution is -0.137. The minimum absolute atomic E-state index is 0.0697. The highest BCUT2D eigenvalue weighted by Crippen LogP contribution is 2.13. The van der Waals surface area contributed by atoms with Gasteiger partial charge in [-0.05, 0) is 28.3 Å². The maximum absolute atomic E-state index is 13.0. The van der Waals surface area contributed by atoms with Crippen molar-refractivity contribution >= 4 is 23.2 Å². The lowest BCUT2D eigenvalue weighted by Crippen LogP contribution is -2.49. The molecule has 0 bridgehead atoms. The summed E-state index contributed by atoms with van der Waals surface area (Å²) in [5.74, 6) is 0.0605. The van der Waals surface area contributed by atoms with Crippen molar-refractivity contribution < 1.29 is 9.59 Å². The average Bonchev–Trinajstić information content (AvgIpc) is 3.17. The molecule has 1 atom stereocenters. The smallest absolute Gasteiger partial charge is 0.245 e. The van der Waals surface area contributed by atoms with Gasteiger partial charge in [-0.2, -0.15) is 11.3 Å². The minimum Gasteiger partial charge on any atom is -0.348 e. The van der Waals surface area contributed by atoms with E-state index < -0.39 is 6.04 Å². The van der Waals surface area contributed by atoms with Gasteiger partial charge in [0.1, 0.15) is 6.04 Å². The van der Waals surface area contributed by atoms with Gasteiger partial charge in [0, 0.05) is 38.3 Å². The number of H-pyrrole nitrogens is 1. The van der Waals surface area contributed by atoms with Crippen LogP contribution >= 0.6 is 11.3 Å². The predicted octanol–water partition coefficient (Wildman–Crippen LogP) is 2.20. The second-order valence-electron chi connectivity index (χ2n) is 6.28. The molecule has 0 aliphatic rings. The van der Waals surface area contributed by atoms with Crippen molar-refractivity contribution in [1.29, 1.82) is 0 Å². The number of imidazole rings is 1. The van der Waals surface area contributed by atoms with Gasteiger partial charge in [-0.15, -0.1) is 0 Å². The van der Waals surface area contributed by atoms with E-state index in [1.165, 1.54) is 6.92 Å². The Kier molecular flexibility index (Phi) is 6.54. The first-order chi connectivity index (χ1) is 11.5. The molecule has 0 aliphatic carbocycles. The van der Waals surface area contributed by atoms with Crippen molar-refractivity contribution in [2.45, 2.75) is 39.8 Å². The number of aromatic nitrogens is 2. The standard InChI is InChI=1S/C17H24N4O2S/c1-12(2)8-21(9-14-4-5-24-10-14)17(23)16(20-13(3)22)6-15-7-18-11-19-15/h4-5,7,10-12,16H,6,8-9H2,1-3H3,(H,18,19)(H,20,22)/t16-/m0/s1. The number of amides is 2. The zero-order valence-electron chi connectivity index (χ0n) is 14.3. The van der Waals surface area contributed by atoms with Crippen LogP contribution in [0.4, 0.5) is 0 Å². The molecule has 2 heterocycles. The maximum Gasteiger partial charge on any atom is 0.245 e. The maximum atomic E-state index is 13.0. The summed E-state index contributed by atoms with van der Waals surface area (Å²) in [6.07, 6.45) is 3.65. The molecule has 24 heavy (non-hydrogen) atoms. The van der Waals surface area contributed by atoms with Gasteiger partial charge in [0.15, 0.2) is 0 Å². The van der Waals surface area contributed by atoms with Crippen molar-refractivity contribution in [3.8, 4) is 0 Å². The molecule has 0 spiro atoms. The number of rotatable bonds is 8. The molecule has 7 heteroatoms. The van der Waals surface area contributed by atoms with E-state index >= 15 is 0 Å². The fraction of sp³-hybridized carbons (Fsp3) is 0.471. The number of carbonyl (C=O) groups excluding carboxylic acids is 2. The number of aromatic amines is 1. The van der Waals surface area contributed by atoms with Crippen LogP contribution in [0, 0.1) is 5.92 Å². The summed E-state index contributed by atoms with van der Waals surface area (Å²) >= 11 is 1.61. The van der Waals surface area contributed by atoms with Gasteiger partial charge in [0.05, 0.1) is 6.33 Å². The summed E-state index contributed by atoms with van der Waals surface area (Å²) in [5.41, 5.74) is 1.93. The molecule has 2 aromatic rings. The number of hydrogen-bond donors (Lipinski definition) is 2. The molecule has 0 radical (unpaired) electrons. The third kappa shape index (κ3) is 5.49. The quantitative estimate of drug-likeness (QED) is 0.768. The molecule has 0 aromatic carbocycles. The molecule has 6 nitrogen and oxygen atoms in total. The number of carbonyl (C=O) groups is 2. The van der Waals surface area contributed by atoms with Crippen LogP contribution in [0.25, 0.3) is 0 Å². The number of nitrogens with one attached hydrogen (secondary N) is 2. The Morgan fingerprint density at radius 3 is 2.75 bits per heavy atom.